The van der Waals surface area contributed by atoms with Crippen LogP contribution in [0, 0.1) is 17.8 Å². The summed E-state index contributed by atoms with van der Waals surface area (Å²) in [6.07, 6.45) is 5.44. The van der Waals surface area contributed by atoms with Crippen molar-refractivity contribution in [3.05, 3.63) is 0 Å². The number of aliphatic carboxylic acids is 1. The Morgan fingerprint density at radius 2 is 1.95 bits per heavy atom. The van der Waals surface area contributed by atoms with Gasteiger partial charge in [0.15, 0.2) is 0 Å². The molecule has 4 nitrogen and oxygen atoms in total. The molecule has 0 amide bonds. The van der Waals surface area contributed by atoms with Crippen molar-refractivity contribution in [1.82, 2.24) is 0 Å². The highest BCUT2D eigenvalue weighted by atomic mass is 16.5. The number of rotatable bonds is 7. The van der Waals surface area contributed by atoms with Gasteiger partial charge in [-0.25, -0.2) is 0 Å². The molecule has 0 spiro atoms. The van der Waals surface area contributed by atoms with Crippen LogP contribution in [0.4, 0.5) is 0 Å². The monoisotopic (exact) mass is 284 g/mol. The summed E-state index contributed by atoms with van der Waals surface area (Å²) in [5, 5.41) is 8.61. The van der Waals surface area contributed by atoms with Crippen LogP contribution in [-0.4, -0.2) is 23.1 Å². The van der Waals surface area contributed by atoms with Gasteiger partial charge in [0.05, 0.1) is 12.8 Å². The Morgan fingerprint density at radius 3 is 2.50 bits per heavy atom. The topological polar surface area (TPSA) is 63.6 Å². The maximum atomic E-state index is 11.8. The molecule has 3 atom stereocenters. The quantitative estimate of drug-likeness (QED) is 0.725. The number of carboxylic acids is 1. The third kappa shape index (κ3) is 5.51. The van der Waals surface area contributed by atoms with E-state index in [1.54, 1.807) is 0 Å². The van der Waals surface area contributed by atoms with E-state index in [1.165, 1.54) is 12.8 Å². The van der Waals surface area contributed by atoms with E-state index in [2.05, 4.69) is 20.8 Å². The van der Waals surface area contributed by atoms with Crippen molar-refractivity contribution < 1.29 is 19.4 Å². The van der Waals surface area contributed by atoms with Crippen molar-refractivity contribution in [1.29, 1.82) is 0 Å². The van der Waals surface area contributed by atoms with Gasteiger partial charge in [0.1, 0.15) is 6.10 Å². The van der Waals surface area contributed by atoms with E-state index in [9.17, 15) is 9.59 Å². The summed E-state index contributed by atoms with van der Waals surface area (Å²) >= 11 is 0. The van der Waals surface area contributed by atoms with E-state index in [4.69, 9.17) is 9.84 Å². The summed E-state index contributed by atoms with van der Waals surface area (Å²) in [5.74, 6) is 0.245. The van der Waals surface area contributed by atoms with Crippen molar-refractivity contribution in [3.63, 3.8) is 0 Å². The van der Waals surface area contributed by atoms with E-state index >= 15 is 0 Å². The van der Waals surface area contributed by atoms with Crippen LogP contribution >= 0.6 is 0 Å². The zero-order valence-corrected chi connectivity index (χ0v) is 12.9. The first kappa shape index (κ1) is 17.0. The van der Waals surface area contributed by atoms with E-state index in [-0.39, 0.29) is 24.9 Å². The first-order valence-electron chi connectivity index (χ1n) is 7.85. The number of carbonyl (C=O) groups is 2. The zero-order valence-electron chi connectivity index (χ0n) is 12.9. The average Bonchev–Trinajstić information content (AvgIpc) is 2.36. The molecule has 0 heterocycles. The van der Waals surface area contributed by atoms with Gasteiger partial charge in [-0.15, -0.1) is 0 Å². The second-order valence-electron chi connectivity index (χ2n) is 6.30. The summed E-state index contributed by atoms with van der Waals surface area (Å²) < 4.78 is 5.59. The molecule has 0 aliphatic heterocycles. The van der Waals surface area contributed by atoms with Crippen LogP contribution in [0.2, 0.25) is 0 Å². The molecule has 1 N–H and O–H groups in total. The molecule has 1 aliphatic carbocycles. The maximum Gasteiger partial charge on any atom is 0.306 e. The molecular formula is C16H28O4. The van der Waals surface area contributed by atoms with Gasteiger partial charge in [-0.2, -0.15) is 0 Å². The highest BCUT2D eigenvalue weighted by Gasteiger charge is 2.34. The Kier molecular flexibility index (Phi) is 7.03. The van der Waals surface area contributed by atoms with Gasteiger partial charge < -0.3 is 9.84 Å². The fourth-order valence-electron chi connectivity index (χ4n) is 3.24. The first-order chi connectivity index (χ1) is 9.43. The minimum absolute atomic E-state index is 0.0188. The molecule has 4 heteroatoms. The highest BCUT2D eigenvalue weighted by molar-refractivity contribution is 5.76. The highest BCUT2D eigenvalue weighted by Crippen LogP contribution is 2.37. The Balaban J connectivity index is 2.55. The Morgan fingerprint density at radius 1 is 1.25 bits per heavy atom. The van der Waals surface area contributed by atoms with Crippen molar-refractivity contribution in [2.24, 2.45) is 17.8 Å². The van der Waals surface area contributed by atoms with Crippen LogP contribution in [0.15, 0.2) is 0 Å². The minimum Gasteiger partial charge on any atom is -0.481 e. The molecule has 1 saturated carbocycles. The van der Waals surface area contributed by atoms with Crippen LogP contribution in [-0.2, 0) is 14.3 Å². The summed E-state index contributed by atoms with van der Waals surface area (Å²) in [6.45, 7) is 6.52. The van der Waals surface area contributed by atoms with Crippen LogP contribution in [0.25, 0.3) is 0 Å². The van der Waals surface area contributed by atoms with Crippen molar-refractivity contribution in [2.75, 3.05) is 0 Å². The van der Waals surface area contributed by atoms with Crippen molar-refractivity contribution >= 4 is 11.9 Å². The molecule has 0 aromatic heterocycles. The number of carboxylic acid groups (broad SMARTS) is 1. The average molecular weight is 284 g/mol. The summed E-state index contributed by atoms with van der Waals surface area (Å²) in [5.41, 5.74) is 0. The lowest BCUT2D eigenvalue weighted by Crippen LogP contribution is -2.36. The normalized spacial score (nSPS) is 26.5. The van der Waals surface area contributed by atoms with Crippen molar-refractivity contribution in [2.45, 2.75) is 71.8 Å². The lowest BCUT2D eigenvalue weighted by atomic mass is 9.73. The minimum atomic E-state index is -0.949. The number of carbonyl (C=O) groups excluding carboxylic acids is 1. The van der Waals surface area contributed by atoms with Crippen molar-refractivity contribution in [3.8, 4) is 0 Å². The van der Waals surface area contributed by atoms with Gasteiger partial charge in [0, 0.05) is 0 Å². The Hall–Kier alpha value is -1.06. The van der Waals surface area contributed by atoms with E-state index in [0.717, 1.165) is 19.3 Å². The maximum absolute atomic E-state index is 11.8. The number of ether oxygens (including phenoxy) is 1. The molecule has 1 aliphatic rings. The Labute approximate surface area is 121 Å². The third-order valence-electron chi connectivity index (χ3n) is 4.33. The number of esters is 1. The lowest BCUT2D eigenvalue weighted by molar-refractivity contribution is -0.158. The fraction of sp³-hybridized carbons (Fsp3) is 0.875. The van der Waals surface area contributed by atoms with Crippen LogP contribution in [0.5, 0.6) is 0 Å². The van der Waals surface area contributed by atoms with Crippen LogP contribution in [0.3, 0.4) is 0 Å². The number of hydrogen-bond acceptors (Lipinski definition) is 3. The van der Waals surface area contributed by atoms with E-state index < -0.39 is 5.97 Å². The SMILES string of the molecule is CCCC1CCC(C(C)C)C(OC(=O)CCC(=O)O)C1. The molecule has 0 bridgehead atoms. The molecule has 1 fully saturated rings. The molecule has 1 rings (SSSR count). The second-order valence-corrected chi connectivity index (χ2v) is 6.30. The van der Waals surface area contributed by atoms with Gasteiger partial charge in [-0.05, 0) is 37.0 Å². The molecular weight excluding hydrogens is 256 g/mol. The standard InChI is InChI=1S/C16H28O4/c1-4-5-12-6-7-13(11(2)3)14(10-12)20-16(19)9-8-15(17)18/h11-14H,4-10H2,1-3H3,(H,17,18). The lowest BCUT2D eigenvalue weighted by Gasteiger charge is -2.37. The molecule has 0 radical (unpaired) electrons. The summed E-state index contributed by atoms with van der Waals surface area (Å²) in [4.78, 5) is 22.3. The summed E-state index contributed by atoms with van der Waals surface area (Å²) in [7, 11) is 0. The Bertz CT molecular complexity index is 324. The van der Waals surface area contributed by atoms with Crippen LogP contribution in [0.1, 0.15) is 65.7 Å². The molecule has 0 aromatic rings. The molecule has 3 unspecified atom stereocenters. The third-order valence-corrected chi connectivity index (χ3v) is 4.33. The first-order valence-corrected chi connectivity index (χ1v) is 7.85. The smallest absolute Gasteiger partial charge is 0.306 e. The predicted molar refractivity (Wildman–Crippen MR) is 77.3 cm³/mol. The molecule has 0 aromatic carbocycles. The van der Waals surface area contributed by atoms with E-state index in [0.29, 0.717) is 17.8 Å². The summed E-state index contributed by atoms with van der Waals surface area (Å²) in [6, 6.07) is 0. The molecule has 20 heavy (non-hydrogen) atoms. The predicted octanol–water partition coefficient (Wildman–Crippen LogP) is 3.64. The van der Waals surface area contributed by atoms with Gasteiger partial charge in [0.2, 0.25) is 0 Å². The van der Waals surface area contributed by atoms with Crippen LogP contribution < -0.4 is 0 Å². The van der Waals surface area contributed by atoms with Gasteiger partial charge in [-0.1, -0.05) is 33.6 Å². The molecule has 116 valence electrons. The largest absolute Gasteiger partial charge is 0.481 e. The van der Waals surface area contributed by atoms with Gasteiger partial charge in [-0.3, -0.25) is 9.59 Å². The van der Waals surface area contributed by atoms with E-state index in [1.807, 2.05) is 0 Å². The number of hydrogen-bond donors (Lipinski definition) is 1. The van der Waals surface area contributed by atoms with Gasteiger partial charge >= 0.3 is 11.9 Å². The fourth-order valence-corrected chi connectivity index (χ4v) is 3.24. The van der Waals surface area contributed by atoms with Gasteiger partial charge in [0.25, 0.3) is 0 Å². The molecule has 0 saturated heterocycles. The second kappa shape index (κ2) is 8.28. The zero-order chi connectivity index (χ0) is 15.1.